The predicted molar refractivity (Wildman–Crippen MR) is 74.0 cm³/mol. The molecule has 0 radical (unpaired) electrons. The van der Waals surface area contributed by atoms with Crippen LogP contribution in [0.4, 0.5) is 14.8 Å². The van der Waals surface area contributed by atoms with E-state index in [1.165, 1.54) is 0 Å². The predicted octanol–water partition coefficient (Wildman–Crippen LogP) is 3.27. The molecule has 0 aliphatic rings. The Morgan fingerprint density at radius 3 is 2.55 bits per heavy atom. The van der Waals surface area contributed by atoms with Crippen molar-refractivity contribution in [1.29, 1.82) is 0 Å². The SMILES string of the molecule is O=C(Nc1nnc(-c2ccccc2)o1)c1ccc(F)cc1F. The minimum absolute atomic E-state index is 0.174. The van der Waals surface area contributed by atoms with Crippen LogP contribution in [0.3, 0.4) is 0 Å². The maximum atomic E-state index is 13.5. The maximum absolute atomic E-state index is 13.5. The van der Waals surface area contributed by atoms with Gasteiger partial charge in [0.2, 0.25) is 5.89 Å². The zero-order valence-corrected chi connectivity index (χ0v) is 11.1. The van der Waals surface area contributed by atoms with Gasteiger partial charge in [-0.2, -0.15) is 0 Å². The highest BCUT2D eigenvalue weighted by molar-refractivity contribution is 6.03. The highest BCUT2D eigenvalue weighted by Crippen LogP contribution is 2.20. The molecule has 0 bridgehead atoms. The van der Waals surface area contributed by atoms with Crippen LogP contribution in [0.25, 0.3) is 11.5 Å². The summed E-state index contributed by atoms with van der Waals surface area (Å²) < 4.78 is 31.6. The fraction of sp³-hybridized carbons (Fsp3) is 0. The quantitative estimate of drug-likeness (QED) is 0.806. The van der Waals surface area contributed by atoms with Gasteiger partial charge in [-0.15, -0.1) is 5.10 Å². The van der Waals surface area contributed by atoms with E-state index >= 15 is 0 Å². The molecular formula is C15H9F2N3O2. The zero-order chi connectivity index (χ0) is 15.5. The van der Waals surface area contributed by atoms with E-state index in [1.807, 2.05) is 6.07 Å². The number of carbonyl (C=O) groups is 1. The molecule has 1 aromatic heterocycles. The Morgan fingerprint density at radius 1 is 1.05 bits per heavy atom. The van der Waals surface area contributed by atoms with Crippen molar-refractivity contribution in [3.05, 3.63) is 65.7 Å². The number of nitrogens with one attached hydrogen (secondary N) is 1. The average molecular weight is 301 g/mol. The number of carbonyl (C=O) groups excluding carboxylic acids is 1. The molecule has 0 atom stereocenters. The summed E-state index contributed by atoms with van der Waals surface area (Å²) in [5.74, 6) is -2.32. The molecule has 0 fully saturated rings. The van der Waals surface area contributed by atoms with Gasteiger partial charge in [-0.1, -0.05) is 23.3 Å². The fourth-order valence-electron chi connectivity index (χ4n) is 1.81. The van der Waals surface area contributed by atoms with Gasteiger partial charge >= 0.3 is 6.01 Å². The second kappa shape index (κ2) is 5.72. The second-order valence-corrected chi connectivity index (χ2v) is 4.36. The molecule has 0 saturated carbocycles. The van der Waals surface area contributed by atoms with Crippen LogP contribution >= 0.6 is 0 Å². The minimum Gasteiger partial charge on any atom is -0.403 e. The van der Waals surface area contributed by atoms with Gasteiger partial charge in [0.05, 0.1) is 5.56 Å². The molecule has 110 valence electrons. The summed E-state index contributed by atoms with van der Waals surface area (Å²) in [5, 5.41) is 9.71. The van der Waals surface area contributed by atoms with Crippen LogP contribution in [0, 0.1) is 11.6 Å². The van der Waals surface area contributed by atoms with Crippen LogP contribution in [0.5, 0.6) is 0 Å². The van der Waals surface area contributed by atoms with Crippen molar-refractivity contribution in [2.24, 2.45) is 0 Å². The standard InChI is InChI=1S/C15H9F2N3O2/c16-10-6-7-11(12(17)8-10)13(21)18-15-20-19-14(22-15)9-4-2-1-3-5-9/h1-8H,(H,18,20,21). The van der Waals surface area contributed by atoms with Gasteiger partial charge in [-0.3, -0.25) is 10.1 Å². The van der Waals surface area contributed by atoms with Gasteiger partial charge < -0.3 is 4.42 Å². The van der Waals surface area contributed by atoms with Crippen molar-refractivity contribution in [1.82, 2.24) is 10.2 Å². The molecule has 0 aliphatic carbocycles. The lowest BCUT2D eigenvalue weighted by Gasteiger charge is -2.02. The molecule has 1 amide bonds. The molecule has 0 spiro atoms. The minimum atomic E-state index is -0.972. The largest absolute Gasteiger partial charge is 0.403 e. The number of anilines is 1. The number of aromatic nitrogens is 2. The first-order chi connectivity index (χ1) is 10.6. The number of rotatable bonds is 3. The van der Waals surface area contributed by atoms with Crippen molar-refractivity contribution < 1.29 is 18.0 Å². The number of hydrogen-bond donors (Lipinski definition) is 1. The Morgan fingerprint density at radius 2 is 1.82 bits per heavy atom. The van der Waals surface area contributed by atoms with Gasteiger partial charge in [0.15, 0.2) is 0 Å². The van der Waals surface area contributed by atoms with Gasteiger partial charge in [0.1, 0.15) is 11.6 Å². The first-order valence-electron chi connectivity index (χ1n) is 6.29. The van der Waals surface area contributed by atoms with E-state index in [2.05, 4.69) is 15.5 Å². The first-order valence-corrected chi connectivity index (χ1v) is 6.29. The Hall–Kier alpha value is -3.09. The third kappa shape index (κ3) is 2.83. The van der Waals surface area contributed by atoms with Gasteiger partial charge in [0, 0.05) is 11.6 Å². The lowest BCUT2D eigenvalue weighted by molar-refractivity contribution is 0.102. The van der Waals surface area contributed by atoms with E-state index in [-0.39, 0.29) is 17.5 Å². The van der Waals surface area contributed by atoms with Crippen LogP contribution in [-0.2, 0) is 0 Å². The Kier molecular flexibility index (Phi) is 3.61. The van der Waals surface area contributed by atoms with Crippen molar-refractivity contribution in [2.75, 3.05) is 5.32 Å². The Labute approximate surface area is 123 Å². The van der Waals surface area contributed by atoms with Crippen LogP contribution in [0.1, 0.15) is 10.4 Å². The van der Waals surface area contributed by atoms with E-state index in [0.29, 0.717) is 11.6 Å². The highest BCUT2D eigenvalue weighted by atomic mass is 19.1. The number of amides is 1. The third-order valence-electron chi connectivity index (χ3n) is 2.84. The van der Waals surface area contributed by atoms with Crippen molar-refractivity contribution >= 4 is 11.9 Å². The molecule has 0 unspecified atom stereocenters. The normalized spacial score (nSPS) is 10.5. The monoisotopic (exact) mass is 301 g/mol. The Bertz CT molecular complexity index is 819. The number of nitrogens with zero attached hydrogens (tertiary/aromatic N) is 2. The average Bonchev–Trinajstić information content (AvgIpc) is 2.96. The molecule has 5 nitrogen and oxygen atoms in total. The van der Waals surface area contributed by atoms with E-state index in [4.69, 9.17) is 4.42 Å². The topological polar surface area (TPSA) is 68.0 Å². The number of hydrogen-bond acceptors (Lipinski definition) is 4. The van der Waals surface area contributed by atoms with Gasteiger partial charge in [0.25, 0.3) is 5.91 Å². The molecule has 1 heterocycles. The van der Waals surface area contributed by atoms with Crippen molar-refractivity contribution in [3.8, 4) is 11.5 Å². The Balaban J connectivity index is 1.79. The summed E-state index contributed by atoms with van der Waals surface area (Å²) in [6.07, 6.45) is 0. The van der Waals surface area contributed by atoms with E-state index in [1.54, 1.807) is 24.3 Å². The van der Waals surface area contributed by atoms with Gasteiger partial charge in [-0.05, 0) is 24.3 Å². The summed E-state index contributed by atoms with van der Waals surface area (Å²) in [7, 11) is 0. The summed E-state index contributed by atoms with van der Waals surface area (Å²) in [5.41, 5.74) is 0.365. The fourth-order valence-corrected chi connectivity index (χ4v) is 1.81. The lowest BCUT2D eigenvalue weighted by Crippen LogP contribution is -2.14. The van der Waals surface area contributed by atoms with Crippen LogP contribution in [-0.4, -0.2) is 16.1 Å². The van der Waals surface area contributed by atoms with Crippen LogP contribution in [0.15, 0.2) is 52.9 Å². The highest BCUT2D eigenvalue weighted by Gasteiger charge is 2.16. The molecule has 3 aromatic rings. The third-order valence-corrected chi connectivity index (χ3v) is 2.84. The molecule has 3 rings (SSSR count). The summed E-state index contributed by atoms with van der Waals surface area (Å²) in [6.45, 7) is 0. The summed E-state index contributed by atoms with van der Waals surface area (Å²) >= 11 is 0. The molecule has 1 N–H and O–H groups in total. The lowest BCUT2D eigenvalue weighted by atomic mass is 10.2. The molecule has 7 heteroatoms. The smallest absolute Gasteiger partial charge is 0.322 e. The first kappa shape index (κ1) is 13.9. The summed E-state index contributed by atoms with van der Waals surface area (Å²) in [6, 6.07) is 11.4. The number of benzene rings is 2. The summed E-state index contributed by atoms with van der Waals surface area (Å²) in [4.78, 5) is 11.9. The van der Waals surface area contributed by atoms with Crippen LogP contribution in [0.2, 0.25) is 0 Å². The second-order valence-electron chi connectivity index (χ2n) is 4.36. The molecule has 0 saturated heterocycles. The van der Waals surface area contributed by atoms with Crippen molar-refractivity contribution in [3.63, 3.8) is 0 Å². The molecule has 22 heavy (non-hydrogen) atoms. The maximum Gasteiger partial charge on any atom is 0.322 e. The van der Waals surface area contributed by atoms with E-state index in [9.17, 15) is 13.6 Å². The van der Waals surface area contributed by atoms with E-state index in [0.717, 1.165) is 12.1 Å². The molecule has 2 aromatic carbocycles. The molecule has 0 aliphatic heterocycles. The van der Waals surface area contributed by atoms with Crippen LogP contribution < -0.4 is 5.32 Å². The number of halogens is 2. The van der Waals surface area contributed by atoms with Crippen molar-refractivity contribution in [2.45, 2.75) is 0 Å². The zero-order valence-electron chi connectivity index (χ0n) is 11.1. The molecular weight excluding hydrogens is 292 g/mol. The van der Waals surface area contributed by atoms with E-state index < -0.39 is 17.5 Å². The van der Waals surface area contributed by atoms with Gasteiger partial charge in [-0.25, -0.2) is 8.78 Å².